The van der Waals surface area contributed by atoms with Gasteiger partial charge in [0, 0.05) is 10.9 Å². The second-order valence-electron chi connectivity index (χ2n) is 6.58. The molecule has 2 fully saturated rings. The highest BCUT2D eigenvalue weighted by Gasteiger charge is 2.47. The molecule has 1 heterocycles. The van der Waals surface area contributed by atoms with E-state index >= 15 is 0 Å². The first kappa shape index (κ1) is 14.7. The van der Waals surface area contributed by atoms with Crippen LogP contribution in [0.5, 0.6) is 0 Å². The van der Waals surface area contributed by atoms with Gasteiger partial charge in [0.2, 0.25) is 11.9 Å². The molecular weight excluding hydrogens is 312 g/mol. The Kier molecular flexibility index (Phi) is 3.81. The van der Waals surface area contributed by atoms with E-state index in [1.807, 2.05) is 24.3 Å². The highest BCUT2D eigenvalue weighted by molar-refractivity contribution is 6.30. The van der Waals surface area contributed by atoms with Crippen LogP contribution in [0.2, 0.25) is 5.02 Å². The van der Waals surface area contributed by atoms with Crippen molar-refractivity contribution in [3.05, 3.63) is 41.2 Å². The van der Waals surface area contributed by atoms with Crippen molar-refractivity contribution in [2.24, 2.45) is 17.8 Å². The first-order valence-corrected chi connectivity index (χ1v) is 8.51. The third-order valence-electron chi connectivity index (χ3n) is 5.16. The van der Waals surface area contributed by atoms with Gasteiger partial charge in [-0.1, -0.05) is 36.6 Å². The van der Waals surface area contributed by atoms with Crippen LogP contribution in [0.25, 0.3) is 0 Å². The van der Waals surface area contributed by atoms with Gasteiger partial charge in [0.1, 0.15) is 6.33 Å². The number of nitrogens with one attached hydrogen (secondary N) is 1. The molecular formula is C17H19ClN4O. The summed E-state index contributed by atoms with van der Waals surface area (Å²) in [6.45, 7) is 0.605. The minimum absolute atomic E-state index is 0.0809. The van der Waals surface area contributed by atoms with Gasteiger partial charge in [-0.05, 0) is 42.4 Å². The third-order valence-corrected chi connectivity index (χ3v) is 5.41. The molecule has 2 aliphatic rings. The van der Waals surface area contributed by atoms with E-state index in [0.717, 1.165) is 17.9 Å². The van der Waals surface area contributed by atoms with Crippen molar-refractivity contribution in [1.29, 1.82) is 0 Å². The van der Waals surface area contributed by atoms with Crippen LogP contribution >= 0.6 is 11.6 Å². The van der Waals surface area contributed by atoms with Crippen molar-refractivity contribution in [3.8, 4) is 0 Å². The Hall–Kier alpha value is -1.88. The lowest BCUT2D eigenvalue weighted by atomic mass is 9.66. The molecule has 0 saturated heterocycles. The van der Waals surface area contributed by atoms with Crippen molar-refractivity contribution in [1.82, 2.24) is 14.8 Å². The van der Waals surface area contributed by atoms with Crippen LogP contribution in [0, 0.1) is 17.8 Å². The number of nitrogens with zero attached hydrogens (tertiary/aromatic N) is 3. The lowest BCUT2D eigenvalue weighted by Crippen LogP contribution is -2.41. The van der Waals surface area contributed by atoms with Crippen molar-refractivity contribution in [2.75, 3.05) is 5.32 Å². The largest absolute Gasteiger partial charge is 0.293 e. The van der Waals surface area contributed by atoms with Crippen molar-refractivity contribution >= 4 is 23.5 Å². The smallest absolute Gasteiger partial charge is 0.248 e. The van der Waals surface area contributed by atoms with E-state index in [4.69, 9.17) is 11.6 Å². The van der Waals surface area contributed by atoms with Crippen LogP contribution in [0.4, 0.5) is 5.95 Å². The maximum Gasteiger partial charge on any atom is 0.248 e. The summed E-state index contributed by atoms with van der Waals surface area (Å²) in [6.07, 6.45) is 6.43. The molecule has 2 saturated carbocycles. The molecule has 0 spiro atoms. The van der Waals surface area contributed by atoms with Gasteiger partial charge in [-0.2, -0.15) is 0 Å². The van der Waals surface area contributed by atoms with Crippen LogP contribution < -0.4 is 5.32 Å². The topological polar surface area (TPSA) is 59.8 Å². The average molecular weight is 331 g/mol. The Morgan fingerprint density at radius 1 is 1.30 bits per heavy atom. The van der Waals surface area contributed by atoms with Gasteiger partial charge in [0.25, 0.3) is 0 Å². The minimum atomic E-state index is 0.0809. The molecule has 3 atom stereocenters. The van der Waals surface area contributed by atoms with Gasteiger partial charge in [0.15, 0.2) is 0 Å². The number of halogens is 1. The first-order valence-electron chi connectivity index (χ1n) is 8.14. The number of carbonyl (C=O) groups excluding carboxylic acids is 1. The number of amides is 1. The van der Waals surface area contributed by atoms with Gasteiger partial charge in [-0.3, -0.25) is 10.1 Å². The fraction of sp³-hybridized carbons (Fsp3) is 0.471. The van der Waals surface area contributed by atoms with Crippen molar-refractivity contribution < 1.29 is 4.79 Å². The molecule has 3 unspecified atom stereocenters. The summed E-state index contributed by atoms with van der Waals surface area (Å²) in [7, 11) is 0. The van der Waals surface area contributed by atoms with E-state index in [-0.39, 0.29) is 11.8 Å². The molecule has 2 aliphatic carbocycles. The molecule has 1 aromatic heterocycles. The highest BCUT2D eigenvalue weighted by atomic mass is 35.5. The number of anilines is 1. The summed E-state index contributed by atoms with van der Waals surface area (Å²) < 4.78 is 1.72. The zero-order valence-corrected chi connectivity index (χ0v) is 13.5. The zero-order valence-electron chi connectivity index (χ0n) is 12.8. The Bertz CT molecular complexity index is 712. The molecule has 1 aromatic carbocycles. The number of benzene rings is 1. The van der Waals surface area contributed by atoms with E-state index in [2.05, 4.69) is 15.4 Å². The number of hydrogen-bond donors (Lipinski definition) is 1. The van der Waals surface area contributed by atoms with Crippen LogP contribution in [-0.4, -0.2) is 20.7 Å². The van der Waals surface area contributed by atoms with E-state index in [0.29, 0.717) is 23.4 Å². The highest BCUT2D eigenvalue weighted by Crippen LogP contribution is 2.51. The van der Waals surface area contributed by atoms with Crippen molar-refractivity contribution in [2.45, 2.75) is 32.2 Å². The summed E-state index contributed by atoms with van der Waals surface area (Å²) in [5, 5.41) is 7.92. The summed E-state index contributed by atoms with van der Waals surface area (Å²) in [6, 6.07) is 7.62. The molecule has 1 N–H and O–H groups in total. The molecule has 0 bridgehead atoms. The second kappa shape index (κ2) is 5.96. The maximum absolute atomic E-state index is 12.3. The monoisotopic (exact) mass is 330 g/mol. The van der Waals surface area contributed by atoms with Gasteiger partial charge < -0.3 is 0 Å². The maximum atomic E-state index is 12.3. The quantitative estimate of drug-likeness (QED) is 0.935. The van der Waals surface area contributed by atoms with Gasteiger partial charge in [0.05, 0.1) is 6.54 Å². The Morgan fingerprint density at radius 2 is 2.13 bits per heavy atom. The fourth-order valence-electron chi connectivity index (χ4n) is 3.90. The Balaban J connectivity index is 1.36. The Labute approximate surface area is 140 Å². The minimum Gasteiger partial charge on any atom is -0.293 e. The normalized spacial score (nSPS) is 25.7. The summed E-state index contributed by atoms with van der Waals surface area (Å²) in [5.41, 5.74) is 1.09. The lowest BCUT2D eigenvalue weighted by molar-refractivity contribution is -0.126. The standard InChI is InChI=1S/C17H19ClN4O/c18-13-6-4-11(5-7-13)9-22-10-19-17(21-22)20-16(23)15-8-12-2-1-3-14(12)15/h4-7,10,12,14-15H,1-3,8-9H2,(H,20,21,23). The Morgan fingerprint density at radius 3 is 2.91 bits per heavy atom. The molecule has 2 aromatic rings. The predicted molar refractivity (Wildman–Crippen MR) is 88.1 cm³/mol. The second-order valence-corrected chi connectivity index (χ2v) is 7.01. The average Bonchev–Trinajstić information content (AvgIpc) is 3.09. The van der Waals surface area contributed by atoms with Crippen LogP contribution in [0.3, 0.4) is 0 Å². The molecule has 23 heavy (non-hydrogen) atoms. The predicted octanol–water partition coefficient (Wildman–Crippen LogP) is 3.35. The number of aromatic nitrogens is 3. The lowest BCUT2D eigenvalue weighted by Gasteiger charge is -2.38. The molecule has 0 radical (unpaired) electrons. The number of rotatable bonds is 4. The van der Waals surface area contributed by atoms with E-state index < -0.39 is 0 Å². The van der Waals surface area contributed by atoms with Crippen LogP contribution in [0.15, 0.2) is 30.6 Å². The third kappa shape index (κ3) is 2.98. The zero-order chi connectivity index (χ0) is 15.8. The fourth-order valence-corrected chi connectivity index (χ4v) is 4.03. The molecule has 6 heteroatoms. The number of hydrogen-bond acceptors (Lipinski definition) is 3. The van der Waals surface area contributed by atoms with Gasteiger partial charge in [-0.25, -0.2) is 9.67 Å². The molecule has 0 aliphatic heterocycles. The summed E-state index contributed by atoms with van der Waals surface area (Å²) >= 11 is 5.88. The first-order chi connectivity index (χ1) is 11.2. The van der Waals surface area contributed by atoms with Crippen LogP contribution in [-0.2, 0) is 11.3 Å². The number of carbonyl (C=O) groups is 1. The van der Waals surface area contributed by atoms with E-state index in [1.54, 1.807) is 11.0 Å². The SMILES string of the molecule is O=C(Nc1ncn(Cc2ccc(Cl)cc2)n1)C1CC2CCCC21. The summed E-state index contributed by atoms with van der Waals surface area (Å²) in [5.74, 6) is 2.00. The van der Waals surface area contributed by atoms with E-state index in [1.165, 1.54) is 19.3 Å². The summed E-state index contributed by atoms with van der Waals surface area (Å²) in [4.78, 5) is 16.5. The van der Waals surface area contributed by atoms with Gasteiger partial charge in [-0.15, -0.1) is 5.10 Å². The molecule has 120 valence electrons. The van der Waals surface area contributed by atoms with E-state index in [9.17, 15) is 4.79 Å². The van der Waals surface area contributed by atoms with Crippen LogP contribution in [0.1, 0.15) is 31.2 Å². The number of fused-ring (bicyclic) bond motifs is 1. The molecule has 1 amide bonds. The van der Waals surface area contributed by atoms with Crippen molar-refractivity contribution in [3.63, 3.8) is 0 Å². The van der Waals surface area contributed by atoms with Gasteiger partial charge >= 0.3 is 0 Å². The molecule has 5 nitrogen and oxygen atoms in total. The molecule has 4 rings (SSSR count).